The van der Waals surface area contributed by atoms with Gasteiger partial charge in [-0.05, 0) is 19.2 Å². The zero-order valence-corrected chi connectivity index (χ0v) is 9.92. The van der Waals surface area contributed by atoms with Crippen LogP contribution >= 0.6 is 0 Å². The van der Waals surface area contributed by atoms with Crippen molar-refractivity contribution in [2.24, 2.45) is 0 Å². The first-order valence-electron chi connectivity index (χ1n) is 5.70. The number of hydrogen-bond donors (Lipinski definition) is 1. The van der Waals surface area contributed by atoms with Gasteiger partial charge < -0.3 is 9.84 Å². The lowest BCUT2D eigenvalue weighted by Gasteiger charge is -1.98. The molecule has 0 saturated carbocycles. The van der Waals surface area contributed by atoms with E-state index in [-0.39, 0.29) is 0 Å². The Bertz CT molecular complexity index is 677. The van der Waals surface area contributed by atoms with Gasteiger partial charge >= 0.3 is 0 Å². The van der Waals surface area contributed by atoms with Crippen LogP contribution in [0.25, 0.3) is 22.5 Å². The molecule has 0 unspecified atom stereocenters. The van der Waals surface area contributed by atoms with Crippen molar-refractivity contribution in [1.82, 2.24) is 20.4 Å². The Morgan fingerprint density at radius 2 is 2.00 bits per heavy atom. The third kappa shape index (κ3) is 1.96. The van der Waals surface area contributed by atoms with Crippen molar-refractivity contribution in [1.29, 1.82) is 0 Å². The van der Waals surface area contributed by atoms with Crippen LogP contribution in [0.2, 0.25) is 0 Å². The van der Waals surface area contributed by atoms with Crippen molar-refractivity contribution in [2.45, 2.75) is 6.54 Å². The normalized spacial score (nSPS) is 10.9. The van der Waals surface area contributed by atoms with Gasteiger partial charge in [-0.3, -0.25) is 0 Å². The number of para-hydroxylation sites is 1. The van der Waals surface area contributed by atoms with Gasteiger partial charge in [-0.2, -0.15) is 4.98 Å². The minimum absolute atomic E-state index is 0.450. The SMILES string of the molecule is CNCc1noc(-c2ccc3ccccc3n2)n1. The summed E-state index contributed by atoms with van der Waals surface area (Å²) in [5.74, 6) is 1.08. The van der Waals surface area contributed by atoms with Gasteiger partial charge in [0.25, 0.3) is 5.89 Å². The Morgan fingerprint density at radius 1 is 1.11 bits per heavy atom. The van der Waals surface area contributed by atoms with E-state index < -0.39 is 0 Å². The molecular weight excluding hydrogens is 228 g/mol. The highest BCUT2D eigenvalue weighted by Crippen LogP contribution is 2.19. The summed E-state index contributed by atoms with van der Waals surface area (Å²) in [6, 6.07) is 11.8. The molecule has 1 aromatic carbocycles. The molecular formula is C13H12N4O. The van der Waals surface area contributed by atoms with Crippen LogP contribution in [0.4, 0.5) is 0 Å². The second-order valence-corrected chi connectivity index (χ2v) is 3.94. The standard InChI is InChI=1S/C13H12N4O/c1-14-8-12-16-13(18-17-12)11-7-6-9-4-2-3-5-10(9)15-11/h2-7,14H,8H2,1H3. The van der Waals surface area contributed by atoms with Crippen LogP contribution in [0, 0.1) is 0 Å². The molecule has 0 aliphatic rings. The van der Waals surface area contributed by atoms with E-state index in [0.717, 1.165) is 10.9 Å². The van der Waals surface area contributed by atoms with E-state index in [1.54, 1.807) is 0 Å². The predicted octanol–water partition coefficient (Wildman–Crippen LogP) is 2.00. The maximum Gasteiger partial charge on any atom is 0.276 e. The van der Waals surface area contributed by atoms with Gasteiger partial charge in [-0.25, -0.2) is 4.98 Å². The first-order chi connectivity index (χ1) is 8.86. The number of aromatic nitrogens is 3. The summed E-state index contributed by atoms with van der Waals surface area (Å²) in [6.07, 6.45) is 0. The molecule has 2 aromatic heterocycles. The Balaban J connectivity index is 2.02. The van der Waals surface area contributed by atoms with E-state index >= 15 is 0 Å². The molecule has 0 saturated heterocycles. The number of hydrogen-bond acceptors (Lipinski definition) is 5. The van der Waals surface area contributed by atoms with E-state index in [1.165, 1.54) is 0 Å². The van der Waals surface area contributed by atoms with E-state index in [0.29, 0.717) is 24.0 Å². The highest BCUT2D eigenvalue weighted by Gasteiger charge is 2.09. The van der Waals surface area contributed by atoms with Crippen molar-refractivity contribution < 1.29 is 4.52 Å². The van der Waals surface area contributed by atoms with E-state index in [2.05, 4.69) is 20.4 Å². The Kier molecular flexibility index (Phi) is 2.74. The summed E-state index contributed by atoms with van der Waals surface area (Å²) >= 11 is 0. The van der Waals surface area contributed by atoms with E-state index in [1.807, 2.05) is 43.4 Å². The van der Waals surface area contributed by atoms with Crippen molar-refractivity contribution in [2.75, 3.05) is 7.05 Å². The maximum atomic E-state index is 5.19. The van der Waals surface area contributed by atoms with Gasteiger partial charge in [-0.1, -0.05) is 29.4 Å². The van der Waals surface area contributed by atoms with Crippen LogP contribution in [-0.4, -0.2) is 22.2 Å². The monoisotopic (exact) mass is 240 g/mol. The molecule has 1 N–H and O–H groups in total. The largest absolute Gasteiger partial charge is 0.332 e. The number of benzene rings is 1. The van der Waals surface area contributed by atoms with Gasteiger partial charge in [0.2, 0.25) is 0 Å². The summed E-state index contributed by atoms with van der Waals surface area (Å²) in [7, 11) is 1.84. The smallest absolute Gasteiger partial charge is 0.276 e. The van der Waals surface area contributed by atoms with E-state index in [4.69, 9.17) is 4.52 Å². The third-order valence-corrected chi connectivity index (χ3v) is 2.62. The molecule has 0 fully saturated rings. The predicted molar refractivity (Wildman–Crippen MR) is 67.8 cm³/mol. The third-order valence-electron chi connectivity index (χ3n) is 2.62. The average molecular weight is 240 g/mol. The fraction of sp³-hybridized carbons (Fsp3) is 0.154. The molecule has 0 radical (unpaired) electrons. The molecule has 3 rings (SSSR count). The van der Waals surface area contributed by atoms with Gasteiger partial charge in [0.15, 0.2) is 5.82 Å². The summed E-state index contributed by atoms with van der Waals surface area (Å²) in [5.41, 5.74) is 1.62. The summed E-state index contributed by atoms with van der Waals surface area (Å²) in [4.78, 5) is 8.78. The molecule has 0 amide bonds. The Labute approximate surface area is 104 Å². The highest BCUT2D eigenvalue weighted by atomic mass is 16.5. The van der Waals surface area contributed by atoms with Crippen molar-refractivity contribution in [3.8, 4) is 11.6 Å². The minimum Gasteiger partial charge on any atom is -0.332 e. The van der Waals surface area contributed by atoms with Crippen molar-refractivity contribution >= 4 is 10.9 Å². The Hall–Kier alpha value is -2.27. The molecule has 18 heavy (non-hydrogen) atoms. The average Bonchev–Trinajstić information content (AvgIpc) is 2.87. The number of nitrogens with one attached hydrogen (secondary N) is 1. The number of pyridine rings is 1. The number of rotatable bonds is 3. The summed E-state index contributed by atoms with van der Waals surface area (Å²) < 4.78 is 5.19. The first kappa shape index (κ1) is 10.9. The zero-order chi connectivity index (χ0) is 12.4. The molecule has 0 spiro atoms. The minimum atomic E-state index is 0.450. The molecule has 3 aromatic rings. The van der Waals surface area contributed by atoms with Crippen molar-refractivity contribution in [3.05, 3.63) is 42.2 Å². The van der Waals surface area contributed by atoms with Gasteiger partial charge in [0.05, 0.1) is 12.1 Å². The second kappa shape index (κ2) is 4.54. The summed E-state index contributed by atoms with van der Waals surface area (Å²) in [6.45, 7) is 0.580. The lowest BCUT2D eigenvalue weighted by Crippen LogP contribution is -2.06. The van der Waals surface area contributed by atoms with Crippen LogP contribution in [-0.2, 0) is 6.54 Å². The number of fused-ring (bicyclic) bond motifs is 1. The molecule has 2 heterocycles. The van der Waals surface area contributed by atoms with Crippen molar-refractivity contribution in [3.63, 3.8) is 0 Å². The van der Waals surface area contributed by atoms with Gasteiger partial charge in [-0.15, -0.1) is 0 Å². The zero-order valence-electron chi connectivity index (χ0n) is 9.92. The quantitative estimate of drug-likeness (QED) is 0.758. The maximum absolute atomic E-state index is 5.19. The van der Waals surface area contributed by atoms with E-state index in [9.17, 15) is 0 Å². The number of nitrogens with zero attached hydrogens (tertiary/aromatic N) is 3. The Morgan fingerprint density at radius 3 is 2.89 bits per heavy atom. The van der Waals surface area contributed by atoms with Crippen LogP contribution in [0.5, 0.6) is 0 Å². The fourth-order valence-electron chi connectivity index (χ4n) is 1.77. The lowest BCUT2D eigenvalue weighted by atomic mass is 10.2. The fourth-order valence-corrected chi connectivity index (χ4v) is 1.77. The van der Waals surface area contributed by atoms with Gasteiger partial charge in [0.1, 0.15) is 5.69 Å². The first-order valence-corrected chi connectivity index (χ1v) is 5.70. The molecule has 0 atom stereocenters. The molecule has 0 bridgehead atoms. The topological polar surface area (TPSA) is 63.8 Å². The van der Waals surface area contributed by atoms with Gasteiger partial charge in [0, 0.05) is 5.39 Å². The molecule has 90 valence electrons. The van der Waals surface area contributed by atoms with Crippen LogP contribution < -0.4 is 5.32 Å². The molecule has 0 aliphatic carbocycles. The van der Waals surface area contributed by atoms with Crippen LogP contribution in [0.15, 0.2) is 40.9 Å². The second-order valence-electron chi connectivity index (χ2n) is 3.94. The lowest BCUT2D eigenvalue weighted by molar-refractivity contribution is 0.419. The molecule has 5 nitrogen and oxygen atoms in total. The molecule has 5 heteroatoms. The molecule has 0 aliphatic heterocycles. The van der Waals surface area contributed by atoms with Crippen LogP contribution in [0.3, 0.4) is 0 Å². The van der Waals surface area contributed by atoms with Crippen LogP contribution in [0.1, 0.15) is 5.82 Å². The highest BCUT2D eigenvalue weighted by molar-refractivity contribution is 5.80. The summed E-state index contributed by atoms with van der Waals surface area (Å²) in [5, 5.41) is 7.94.